The molecule has 25 heavy (non-hydrogen) atoms. The molecule has 7 nitrogen and oxygen atoms in total. The number of hydrogen-bond donors (Lipinski definition) is 0. The zero-order chi connectivity index (χ0) is 18.0. The molecule has 0 aromatic carbocycles. The third kappa shape index (κ3) is 4.08. The lowest BCUT2D eigenvalue weighted by Crippen LogP contribution is -2.30. The van der Waals surface area contributed by atoms with Gasteiger partial charge in [-0.1, -0.05) is 25.9 Å². The number of likely N-dealkylation sites (tertiary alicyclic amines) is 1. The molecule has 7 heteroatoms. The molecule has 136 valence electrons. The molecule has 3 heterocycles. The second-order valence-electron chi connectivity index (χ2n) is 7.81. The molecule has 1 amide bonds. The standard InChI is InChI=1S/C18H27N5O2/c1-18(2,3)17-20-15(25-21-17)8-5-9-16(24)23-10-6-7-14(23)13-11-19-22(4)12-13/h11-12,14H,5-10H2,1-4H3/t14-/m1/s1. The van der Waals surface area contributed by atoms with Gasteiger partial charge in [0.1, 0.15) is 0 Å². The molecular formula is C18H27N5O2. The number of amides is 1. The second-order valence-corrected chi connectivity index (χ2v) is 7.81. The molecule has 0 saturated carbocycles. The van der Waals surface area contributed by atoms with Crippen molar-refractivity contribution in [2.75, 3.05) is 6.54 Å². The minimum absolute atomic E-state index is 0.121. The Bertz CT molecular complexity index is 728. The second kappa shape index (κ2) is 6.98. The third-order valence-electron chi connectivity index (χ3n) is 4.60. The van der Waals surface area contributed by atoms with Gasteiger partial charge in [-0.05, 0) is 19.3 Å². The van der Waals surface area contributed by atoms with Crippen molar-refractivity contribution in [3.63, 3.8) is 0 Å². The van der Waals surface area contributed by atoms with E-state index < -0.39 is 0 Å². The number of aryl methyl sites for hydroxylation is 2. The molecule has 0 N–H and O–H groups in total. The molecule has 1 fully saturated rings. The van der Waals surface area contributed by atoms with Gasteiger partial charge < -0.3 is 9.42 Å². The summed E-state index contributed by atoms with van der Waals surface area (Å²) in [5.74, 6) is 1.52. The molecule has 0 bridgehead atoms. The molecule has 2 aromatic heterocycles. The van der Waals surface area contributed by atoms with Crippen molar-refractivity contribution in [3.05, 3.63) is 29.7 Å². The van der Waals surface area contributed by atoms with Gasteiger partial charge in [-0.15, -0.1) is 0 Å². The number of nitrogens with zero attached hydrogens (tertiary/aromatic N) is 5. The van der Waals surface area contributed by atoms with E-state index in [4.69, 9.17) is 4.52 Å². The number of rotatable bonds is 5. The van der Waals surface area contributed by atoms with Crippen molar-refractivity contribution in [1.29, 1.82) is 0 Å². The lowest BCUT2D eigenvalue weighted by atomic mass is 9.96. The van der Waals surface area contributed by atoms with Crippen LogP contribution in [-0.4, -0.2) is 37.3 Å². The van der Waals surface area contributed by atoms with Crippen LogP contribution < -0.4 is 0 Å². The van der Waals surface area contributed by atoms with E-state index in [1.54, 1.807) is 4.68 Å². The maximum Gasteiger partial charge on any atom is 0.226 e. The molecule has 1 saturated heterocycles. The molecular weight excluding hydrogens is 318 g/mol. The van der Waals surface area contributed by atoms with Crippen LogP contribution in [0.5, 0.6) is 0 Å². The van der Waals surface area contributed by atoms with Gasteiger partial charge in [0, 0.05) is 43.6 Å². The number of carbonyl (C=O) groups excluding carboxylic acids is 1. The Kier molecular flexibility index (Phi) is 4.92. The average molecular weight is 345 g/mol. The third-order valence-corrected chi connectivity index (χ3v) is 4.60. The van der Waals surface area contributed by atoms with Crippen molar-refractivity contribution in [3.8, 4) is 0 Å². The van der Waals surface area contributed by atoms with Crippen LogP contribution in [0.1, 0.15) is 69.8 Å². The Hall–Kier alpha value is -2.18. The van der Waals surface area contributed by atoms with Gasteiger partial charge in [-0.3, -0.25) is 9.48 Å². The molecule has 0 aliphatic carbocycles. The molecule has 1 atom stereocenters. The molecule has 1 aliphatic heterocycles. The van der Waals surface area contributed by atoms with Crippen LogP contribution >= 0.6 is 0 Å². The lowest BCUT2D eigenvalue weighted by molar-refractivity contribution is -0.132. The van der Waals surface area contributed by atoms with Crippen LogP contribution in [0, 0.1) is 0 Å². The van der Waals surface area contributed by atoms with Gasteiger partial charge >= 0.3 is 0 Å². The summed E-state index contributed by atoms with van der Waals surface area (Å²) in [5.41, 5.74) is 1.00. The minimum Gasteiger partial charge on any atom is -0.339 e. The predicted molar refractivity (Wildman–Crippen MR) is 92.8 cm³/mol. The molecule has 1 aliphatic rings. The maximum absolute atomic E-state index is 12.6. The fourth-order valence-corrected chi connectivity index (χ4v) is 3.22. The summed E-state index contributed by atoms with van der Waals surface area (Å²) in [6.07, 6.45) is 7.79. The topological polar surface area (TPSA) is 77.0 Å². The van der Waals surface area contributed by atoms with Gasteiger partial charge in [0.15, 0.2) is 5.82 Å². The van der Waals surface area contributed by atoms with Crippen LogP contribution in [0.15, 0.2) is 16.9 Å². The quantitative estimate of drug-likeness (QED) is 0.833. The minimum atomic E-state index is -0.121. The summed E-state index contributed by atoms with van der Waals surface area (Å²) in [6.45, 7) is 6.98. The van der Waals surface area contributed by atoms with E-state index >= 15 is 0 Å². The summed E-state index contributed by atoms with van der Waals surface area (Å²) in [6, 6.07) is 0.164. The summed E-state index contributed by atoms with van der Waals surface area (Å²) < 4.78 is 7.08. The highest BCUT2D eigenvalue weighted by molar-refractivity contribution is 5.77. The Labute approximate surface area is 148 Å². The fraction of sp³-hybridized carbons (Fsp3) is 0.667. The highest BCUT2D eigenvalue weighted by atomic mass is 16.5. The first-order chi connectivity index (χ1) is 11.8. The average Bonchev–Trinajstić information content (AvgIpc) is 3.25. The van der Waals surface area contributed by atoms with Crippen molar-refractivity contribution in [2.24, 2.45) is 7.05 Å². The zero-order valence-corrected chi connectivity index (χ0v) is 15.5. The van der Waals surface area contributed by atoms with Crippen molar-refractivity contribution >= 4 is 5.91 Å². The monoisotopic (exact) mass is 345 g/mol. The first-order valence-electron chi connectivity index (χ1n) is 8.95. The van der Waals surface area contributed by atoms with Crippen molar-refractivity contribution in [2.45, 2.75) is 64.3 Å². The largest absolute Gasteiger partial charge is 0.339 e. The summed E-state index contributed by atoms with van der Waals surface area (Å²) in [7, 11) is 1.90. The van der Waals surface area contributed by atoms with Gasteiger partial charge in [-0.2, -0.15) is 10.1 Å². The highest BCUT2D eigenvalue weighted by Crippen LogP contribution is 2.32. The fourth-order valence-electron chi connectivity index (χ4n) is 3.22. The Morgan fingerprint density at radius 1 is 1.40 bits per heavy atom. The zero-order valence-electron chi connectivity index (χ0n) is 15.5. The normalized spacial score (nSPS) is 18.1. The van der Waals surface area contributed by atoms with E-state index in [0.717, 1.165) is 31.4 Å². The number of carbonyl (C=O) groups is 1. The van der Waals surface area contributed by atoms with Crippen LogP contribution in [-0.2, 0) is 23.7 Å². The SMILES string of the molecule is Cn1cc([C@H]2CCCN2C(=O)CCCc2nc(C(C)(C)C)no2)cn1. The Morgan fingerprint density at radius 2 is 2.20 bits per heavy atom. The van der Waals surface area contributed by atoms with Crippen LogP contribution in [0.25, 0.3) is 0 Å². The van der Waals surface area contributed by atoms with Crippen molar-refractivity contribution in [1.82, 2.24) is 24.8 Å². The smallest absolute Gasteiger partial charge is 0.226 e. The molecule has 0 spiro atoms. The van der Waals surface area contributed by atoms with Crippen LogP contribution in [0.2, 0.25) is 0 Å². The van der Waals surface area contributed by atoms with E-state index in [2.05, 4.69) is 36.0 Å². The van der Waals surface area contributed by atoms with E-state index in [1.165, 1.54) is 0 Å². The summed E-state index contributed by atoms with van der Waals surface area (Å²) in [5, 5.41) is 8.26. The highest BCUT2D eigenvalue weighted by Gasteiger charge is 2.30. The molecule has 3 rings (SSSR count). The summed E-state index contributed by atoms with van der Waals surface area (Å²) in [4.78, 5) is 19.0. The Morgan fingerprint density at radius 3 is 2.84 bits per heavy atom. The van der Waals surface area contributed by atoms with Gasteiger partial charge in [-0.25, -0.2) is 0 Å². The van der Waals surface area contributed by atoms with Gasteiger partial charge in [0.2, 0.25) is 11.8 Å². The molecule has 2 aromatic rings. The first kappa shape index (κ1) is 17.6. The van der Waals surface area contributed by atoms with E-state index in [9.17, 15) is 4.79 Å². The van der Waals surface area contributed by atoms with Gasteiger partial charge in [0.25, 0.3) is 0 Å². The van der Waals surface area contributed by atoms with E-state index in [0.29, 0.717) is 24.6 Å². The molecule has 0 radical (unpaired) electrons. The summed E-state index contributed by atoms with van der Waals surface area (Å²) >= 11 is 0. The Balaban J connectivity index is 1.53. The lowest BCUT2D eigenvalue weighted by Gasteiger charge is -2.23. The van der Waals surface area contributed by atoms with Crippen LogP contribution in [0.4, 0.5) is 0 Å². The van der Waals surface area contributed by atoms with Crippen LogP contribution in [0.3, 0.4) is 0 Å². The van der Waals surface area contributed by atoms with E-state index in [1.807, 2.05) is 24.3 Å². The maximum atomic E-state index is 12.6. The van der Waals surface area contributed by atoms with Crippen molar-refractivity contribution < 1.29 is 9.32 Å². The predicted octanol–water partition coefficient (Wildman–Crippen LogP) is 2.79. The van der Waals surface area contributed by atoms with E-state index in [-0.39, 0.29) is 17.4 Å². The number of hydrogen-bond acceptors (Lipinski definition) is 5. The molecule has 0 unspecified atom stereocenters. The van der Waals surface area contributed by atoms with Gasteiger partial charge in [0.05, 0.1) is 12.2 Å². The number of aromatic nitrogens is 4. The first-order valence-corrected chi connectivity index (χ1v) is 8.95.